The fourth-order valence-corrected chi connectivity index (χ4v) is 5.16. The molecule has 0 aliphatic carbocycles. The summed E-state index contributed by atoms with van der Waals surface area (Å²) in [6, 6.07) is 13.6. The topological polar surface area (TPSA) is 57.7 Å². The van der Waals surface area contributed by atoms with E-state index in [1.165, 1.54) is 16.4 Å². The van der Waals surface area contributed by atoms with Crippen LogP contribution < -0.4 is 0 Å². The minimum absolute atomic E-state index is 0.0171. The molecule has 0 aromatic heterocycles. The Morgan fingerprint density at radius 1 is 1.07 bits per heavy atom. The van der Waals surface area contributed by atoms with Crippen molar-refractivity contribution < 1.29 is 13.2 Å². The van der Waals surface area contributed by atoms with Gasteiger partial charge in [-0.2, -0.15) is 4.31 Å². The van der Waals surface area contributed by atoms with E-state index in [1.807, 2.05) is 18.2 Å². The maximum absolute atomic E-state index is 12.8. The third-order valence-electron chi connectivity index (χ3n) is 5.00. The van der Waals surface area contributed by atoms with Gasteiger partial charge >= 0.3 is 0 Å². The first-order valence-electron chi connectivity index (χ1n) is 9.03. The van der Waals surface area contributed by atoms with Crippen molar-refractivity contribution in [2.75, 3.05) is 20.1 Å². The molecule has 0 spiro atoms. The number of piperidine rings is 1. The number of rotatable bonds is 5. The second-order valence-corrected chi connectivity index (χ2v) is 9.70. The van der Waals surface area contributed by atoms with Crippen molar-refractivity contribution in [3.8, 4) is 0 Å². The fraction of sp³-hybridized carbons (Fsp3) is 0.350. The molecule has 1 aliphatic heterocycles. The zero-order valence-corrected chi connectivity index (χ0v) is 17.8. The van der Waals surface area contributed by atoms with E-state index in [2.05, 4.69) is 0 Å². The first kappa shape index (κ1) is 21.1. The first-order chi connectivity index (χ1) is 13.3. The molecule has 0 unspecified atom stereocenters. The lowest BCUT2D eigenvalue weighted by Crippen LogP contribution is -2.43. The Bertz CT molecular complexity index is 940. The third-order valence-corrected chi connectivity index (χ3v) is 7.53. The van der Waals surface area contributed by atoms with Crippen LogP contribution in [0, 0.1) is 5.92 Å². The molecule has 1 amide bonds. The Morgan fingerprint density at radius 3 is 2.29 bits per heavy atom. The highest BCUT2D eigenvalue weighted by atomic mass is 35.5. The molecule has 5 nitrogen and oxygen atoms in total. The van der Waals surface area contributed by atoms with E-state index in [-0.39, 0.29) is 16.7 Å². The van der Waals surface area contributed by atoms with Crippen molar-refractivity contribution in [2.45, 2.75) is 24.3 Å². The van der Waals surface area contributed by atoms with Crippen LogP contribution in [0.15, 0.2) is 53.4 Å². The number of nitrogens with zero attached hydrogens (tertiary/aromatic N) is 2. The van der Waals surface area contributed by atoms with Gasteiger partial charge in [-0.05, 0) is 48.7 Å². The molecule has 8 heteroatoms. The lowest BCUT2D eigenvalue weighted by atomic mass is 9.96. The van der Waals surface area contributed by atoms with Gasteiger partial charge < -0.3 is 4.90 Å². The van der Waals surface area contributed by atoms with Crippen LogP contribution in [0.2, 0.25) is 10.0 Å². The van der Waals surface area contributed by atoms with Crippen molar-refractivity contribution in [3.63, 3.8) is 0 Å². The summed E-state index contributed by atoms with van der Waals surface area (Å²) >= 11 is 12.0. The van der Waals surface area contributed by atoms with Crippen LogP contribution in [-0.4, -0.2) is 43.7 Å². The van der Waals surface area contributed by atoms with Gasteiger partial charge in [0.2, 0.25) is 15.9 Å². The number of amides is 1. The molecule has 2 aromatic rings. The summed E-state index contributed by atoms with van der Waals surface area (Å²) in [5.74, 6) is -0.174. The molecule has 0 bridgehead atoms. The van der Waals surface area contributed by atoms with E-state index in [4.69, 9.17) is 23.2 Å². The zero-order valence-electron chi connectivity index (χ0n) is 15.5. The van der Waals surface area contributed by atoms with E-state index in [0.29, 0.717) is 42.5 Å². The molecular weight excluding hydrogens is 419 g/mol. The average Bonchev–Trinajstić information content (AvgIpc) is 2.69. The Labute approximate surface area is 175 Å². The molecule has 28 heavy (non-hydrogen) atoms. The number of sulfonamides is 1. The van der Waals surface area contributed by atoms with Crippen LogP contribution in [-0.2, 0) is 21.4 Å². The normalized spacial score (nSPS) is 16.1. The number of benzene rings is 2. The predicted molar refractivity (Wildman–Crippen MR) is 111 cm³/mol. The van der Waals surface area contributed by atoms with Crippen LogP contribution in [0.3, 0.4) is 0 Å². The highest BCUT2D eigenvalue weighted by Gasteiger charge is 2.33. The van der Waals surface area contributed by atoms with Gasteiger partial charge in [-0.15, -0.1) is 0 Å². The van der Waals surface area contributed by atoms with Crippen LogP contribution in [0.25, 0.3) is 0 Å². The second kappa shape index (κ2) is 8.82. The maximum atomic E-state index is 12.8. The molecule has 0 N–H and O–H groups in total. The Hall–Kier alpha value is -1.60. The van der Waals surface area contributed by atoms with Crippen LogP contribution in [0.5, 0.6) is 0 Å². The fourth-order valence-electron chi connectivity index (χ4n) is 3.37. The summed E-state index contributed by atoms with van der Waals surface area (Å²) in [6.07, 6.45) is 0.997. The summed E-state index contributed by atoms with van der Waals surface area (Å²) in [7, 11) is -1.82. The molecule has 2 aromatic carbocycles. The monoisotopic (exact) mass is 440 g/mol. The molecule has 0 saturated carbocycles. The van der Waals surface area contributed by atoms with Gasteiger partial charge in [0.25, 0.3) is 0 Å². The Morgan fingerprint density at radius 2 is 1.68 bits per heavy atom. The summed E-state index contributed by atoms with van der Waals surface area (Å²) in [4.78, 5) is 14.7. The van der Waals surface area contributed by atoms with Gasteiger partial charge in [0.05, 0.1) is 4.90 Å². The number of carbonyl (C=O) groups is 1. The standard InChI is InChI=1S/C20H22Cl2N2O3S/c1-23(14-16-4-2-3-5-19(16)22)20(25)15-10-12-24(13-11-15)28(26,27)18-8-6-17(21)7-9-18/h2-9,15H,10-14H2,1H3. The molecule has 1 fully saturated rings. The SMILES string of the molecule is CN(Cc1ccccc1Cl)C(=O)C1CCN(S(=O)(=O)c2ccc(Cl)cc2)CC1. The average molecular weight is 441 g/mol. The second-order valence-electron chi connectivity index (χ2n) is 6.92. The van der Waals surface area contributed by atoms with Gasteiger partial charge in [-0.1, -0.05) is 41.4 Å². The van der Waals surface area contributed by atoms with Crippen molar-refractivity contribution in [3.05, 3.63) is 64.1 Å². The lowest BCUT2D eigenvalue weighted by Gasteiger charge is -2.32. The van der Waals surface area contributed by atoms with Gasteiger partial charge in [0.1, 0.15) is 0 Å². The molecule has 1 saturated heterocycles. The van der Waals surface area contributed by atoms with Gasteiger partial charge in [-0.3, -0.25) is 4.79 Å². The number of halogens is 2. The highest BCUT2D eigenvalue weighted by molar-refractivity contribution is 7.89. The maximum Gasteiger partial charge on any atom is 0.243 e. The quantitative estimate of drug-likeness (QED) is 0.704. The molecule has 0 radical (unpaired) electrons. The van der Waals surface area contributed by atoms with Crippen molar-refractivity contribution >= 4 is 39.1 Å². The molecule has 150 valence electrons. The van der Waals surface area contributed by atoms with Crippen molar-refractivity contribution in [2.24, 2.45) is 5.92 Å². The summed E-state index contributed by atoms with van der Waals surface area (Å²) < 4.78 is 27.0. The minimum Gasteiger partial charge on any atom is -0.341 e. The lowest BCUT2D eigenvalue weighted by molar-refractivity contribution is -0.135. The number of carbonyl (C=O) groups excluding carboxylic acids is 1. The number of hydrogen-bond acceptors (Lipinski definition) is 3. The van der Waals surface area contributed by atoms with Gasteiger partial charge in [-0.25, -0.2) is 8.42 Å². The van der Waals surface area contributed by atoms with Crippen LogP contribution in [0.4, 0.5) is 0 Å². The van der Waals surface area contributed by atoms with Gasteiger partial charge in [0.15, 0.2) is 0 Å². The molecule has 1 aliphatic rings. The van der Waals surface area contributed by atoms with E-state index in [9.17, 15) is 13.2 Å². The highest BCUT2D eigenvalue weighted by Crippen LogP contribution is 2.26. The van der Waals surface area contributed by atoms with Crippen LogP contribution in [0.1, 0.15) is 18.4 Å². The zero-order chi connectivity index (χ0) is 20.3. The summed E-state index contributed by atoms with van der Waals surface area (Å²) in [5.41, 5.74) is 0.891. The van der Waals surface area contributed by atoms with Crippen LogP contribution >= 0.6 is 23.2 Å². The summed E-state index contributed by atoms with van der Waals surface area (Å²) in [5, 5.41) is 1.12. The minimum atomic E-state index is -3.57. The van der Waals surface area contributed by atoms with Gasteiger partial charge in [0, 0.05) is 42.6 Å². The Balaban J connectivity index is 1.60. The third kappa shape index (κ3) is 4.69. The van der Waals surface area contributed by atoms with E-state index < -0.39 is 10.0 Å². The van der Waals surface area contributed by atoms with E-state index in [0.717, 1.165) is 5.56 Å². The number of hydrogen-bond donors (Lipinski definition) is 0. The first-order valence-corrected chi connectivity index (χ1v) is 11.2. The molecule has 1 heterocycles. The van der Waals surface area contributed by atoms with Crippen molar-refractivity contribution in [1.29, 1.82) is 0 Å². The smallest absolute Gasteiger partial charge is 0.243 e. The molecular formula is C20H22Cl2N2O3S. The molecule has 0 atom stereocenters. The summed E-state index contributed by atoms with van der Waals surface area (Å²) in [6.45, 7) is 1.07. The van der Waals surface area contributed by atoms with E-state index >= 15 is 0 Å². The Kier molecular flexibility index (Phi) is 6.65. The van der Waals surface area contributed by atoms with Crippen molar-refractivity contribution in [1.82, 2.24) is 9.21 Å². The predicted octanol–water partition coefficient (Wildman–Crippen LogP) is 4.05. The van der Waals surface area contributed by atoms with E-state index in [1.54, 1.807) is 30.1 Å². The largest absolute Gasteiger partial charge is 0.341 e. The molecule has 3 rings (SSSR count).